The summed E-state index contributed by atoms with van der Waals surface area (Å²) in [6, 6.07) is 5.20. The van der Waals surface area contributed by atoms with Crippen molar-refractivity contribution in [1.82, 2.24) is 5.32 Å². The van der Waals surface area contributed by atoms with Gasteiger partial charge in [0.2, 0.25) is 5.91 Å². The Balaban J connectivity index is 1.75. The lowest BCUT2D eigenvalue weighted by Gasteiger charge is -2.40. The molecular weight excluding hydrogens is 375 g/mol. The average molecular weight is 399 g/mol. The number of benzene rings is 1. The van der Waals surface area contributed by atoms with E-state index < -0.39 is 28.5 Å². The minimum absolute atomic E-state index is 0.0997. The topological polar surface area (TPSA) is 75.6 Å². The molecule has 1 aliphatic carbocycles. The molecule has 0 aromatic heterocycles. The molecule has 1 aliphatic heterocycles. The fourth-order valence-corrected chi connectivity index (χ4v) is 4.06. The smallest absolute Gasteiger partial charge is 0.416 e. The predicted molar refractivity (Wildman–Crippen MR) is 94.7 cm³/mol. The zero-order valence-electron chi connectivity index (χ0n) is 15.5. The molecule has 0 atom stereocenters. The summed E-state index contributed by atoms with van der Waals surface area (Å²) in [5.74, 6) is -1.34. The molecule has 1 aromatic carbocycles. The number of rotatable bonds is 6. The zero-order valence-corrected chi connectivity index (χ0v) is 15.5. The Morgan fingerprint density at radius 2 is 1.82 bits per heavy atom. The summed E-state index contributed by atoms with van der Waals surface area (Å²) < 4.78 is 44.8. The van der Waals surface area contributed by atoms with Crippen LogP contribution in [0.15, 0.2) is 24.3 Å². The molecular formula is C20H24F3NO4. The van der Waals surface area contributed by atoms with Gasteiger partial charge in [-0.15, -0.1) is 0 Å². The van der Waals surface area contributed by atoms with Crippen LogP contribution in [0.5, 0.6) is 0 Å². The summed E-state index contributed by atoms with van der Waals surface area (Å²) in [7, 11) is 0. The molecule has 3 rings (SSSR count). The fourth-order valence-electron chi connectivity index (χ4n) is 4.06. The van der Waals surface area contributed by atoms with E-state index in [1.807, 2.05) is 0 Å². The minimum Gasteiger partial charge on any atom is -0.481 e. The molecule has 0 spiro atoms. The van der Waals surface area contributed by atoms with Gasteiger partial charge in [-0.3, -0.25) is 9.59 Å². The first kappa shape index (κ1) is 20.6. The third-order valence-corrected chi connectivity index (χ3v) is 6.14. The number of amides is 1. The second kappa shape index (κ2) is 7.73. The van der Waals surface area contributed by atoms with E-state index in [0.717, 1.165) is 18.6 Å². The molecule has 0 bridgehead atoms. The average Bonchev–Trinajstić information content (AvgIpc) is 2.63. The van der Waals surface area contributed by atoms with Crippen LogP contribution >= 0.6 is 0 Å². The Labute approximate surface area is 161 Å². The van der Waals surface area contributed by atoms with Crippen LogP contribution in [0.1, 0.15) is 49.7 Å². The standard InChI is InChI=1S/C20H24F3NO4/c21-20(22,23)15-4-1-3-14(11-15)19(7-9-28-10-8-19)13-24-16(25)12-18(17(26)27)5-2-6-18/h1,3-4,11H,2,5-10,12-13H2,(H,24,25)(H,26,27). The molecule has 1 saturated heterocycles. The maximum absolute atomic E-state index is 13.1. The highest BCUT2D eigenvalue weighted by atomic mass is 19.4. The van der Waals surface area contributed by atoms with Crippen molar-refractivity contribution < 1.29 is 32.6 Å². The van der Waals surface area contributed by atoms with Gasteiger partial charge in [0.05, 0.1) is 11.0 Å². The van der Waals surface area contributed by atoms with Gasteiger partial charge in [-0.2, -0.15) is 13.2 Å². The summed E-state index contributed by atoms with van der Waals surface area (Å²) in [4.78, 5) is 23.9. The highest BCUT2D eigenvalue weighted by Crippen LogP contribution is 2.44. The van der Waals surface area contributed by atoms with Crippen molar-refractivity contribution in [2.45, 2.75) is 50.1 Å². The van der Waals surface area contributed by atoms with Crippen LogP contribution in [0.25, 0.3) is 0 Å². The summed E-state index contributed by atoms with van der Waals surface area (Å²) in [6.07, 6.45) is -1.84. The molecule has 1 saturated carbocycles. The van der Waals surface area contributed by atoms with Gasteiger partial charge in [0.15, 0.2) is 0 Å². The number of carbonyl (C=O) groups excluding carboxylic acids is 1. The van der Waals surface area contributed by atoms with Crippen LogP contribution in [0.4, 0.5) is 13.2 Å². The van der Waals surface area contributed by atoms with E-state index in [2.05, 4.69) is 5.32 Å². The monoisotopic (exact) mass is 399 g/mol. The maximum atomic E-state index is 13.1. The van der Waals surface area contributed by atoms with Crippen LogP contribution in [0.3, 0.4) is 0 Å². The summed E-state index contributed by atoms with van der Waals surface area (Å²) >= 11 is 0. The SMILES string of the molecule is O=C(CC1(C(=O)O)CCC1)NCC1(c2cccc(C(F)(F)F)c2)CCOCC1. The van der Waals surface area contributed by atoms with Gasteiger partial charge in [-0.05, 0) is 37.3 Å². The van der Waals surface area contributed by atoms with E-state index >= 15 is 0 Å². The molecule has 2 fully saturated rings. The van der Waals surface area contributed by atoms with Crippen molar-refractivity contribution in [1.29, 1.82) is 0 Å². The summed E-state index contributed by atoms with van der Waals surface area (Å²) in [6.45, 7) is 0.947. The normalized spacial score (nSPS) is 20.8. The van der Waals surface area contributed by atoms with Gasteiger partial charge < -0.3 is 15.2 Å². The zero-order chi connectivity index (χ0) is 20.4. The highest BCUT2D eigenvalue weighted by molar-refractivity contribution is 5.85. The number of hydrogen-bond donors (Lipinski definition) is 2. The maximum Gasteiger partial charge on any atom is 0.416 e. The Morgan fingerprint density at radius 3 is 2.36 bits per heavy atom. The number of ether oxygens (including phenoxy) is 1. The molecule has 2 aliphatic rings. The number of nitrogens with one attached hydrogen (secondary N) is 1. The van der Waals surface area contributed by atoms with Crippen molar-refractivity contribution in [3.8, 4) is 0 Å². The lowest BCUT2D eigenvalue weighted by molar-refractivity contribution is -0.157. The van der Waals surface area contributed by atoms with Crippen LogP contribution < -0.4 is 5.32 Å². The Bertz CT molecular complexity index is 737. The number of carboxylic acids is 1. The molecule has 2 N–H and O–H groups in total. The van der Waals surface area contributed by atoms with E-state index in [4.69, 9.17) is 4.74 Å². The van der Waals surface area contributed by atoms with Gasteiger partial charge in [-0.25, -0.2) is 0 Å². The molecule has 1 amide bonds. The number of carboxylic acid groups (broad SMARTS) is 1. The summed E-state index contributed by atoms with van der Waals surface area (Å²) in [5, 5.41) is 12.2. The van der Waals surface area contributed by atoms with Gasteiger partial charge >= 0.3 is 12.1 Å². The number of aliphatic carboxylic acids is 1. The lowest BCUT2D eigenvalue weighted by Crippen LogP contribution is -2.47. The van der Waals surface area contributed by atoms with E-state index in [-0.39, 0.29) is 18.9 Å². The van der Waals surface area contributed by atoms with Crippen molar-refractivity contribution in [2.75, 3.05) is 19.8 Å². The molecule has 8 heteroatoms. The molecule has 5 nitrogen and oxygen atoms in total. The molecule has 154 valence electrons. The van der Waals surface area contributed by atoms with Crippen molar-refractivity contribution >= 4 is 11.9 Å². The predicted octanol–water partition coefficient (Wildman–Crippen LogP) is 3.51. The minimum atomic E-state index is -4.44. The van der Waals surface area contributed by atoms with Crippen LogP contribution in [-0.4, -0.2) is 36.7 Å². The number of hydrogen-bond acceptors (Lipinski definition) is 3. The van der Waals surface area contributed by atoms with Gasteiger partial charge in [-0.1, -0.05) is 24.6 Å². The van der Waals surface area contributed by atoms with Gasteiger partial charge in [0.25, 0.3) is 0 Å². The highest BCUT2D eigenvalue weighted by Gasteiger charge is 2.46. The molecule has 0 radical (unpaired) electrons. The number of halogens is 3. The largest absolute Gasteiger partial charge is 0.481 e. The lowest BCUT2D eigenvalue weighted by atomic mass is 9.66. The first-order valence-corrected chi connectivity index (χ1v) is 9.43. The quantitative estimate of drug-likeness (QED) is 0.768. The van der Waals surface area contributed by atoms with Crippen molar-refractivity contribution in [3.05, 3.63) is 35.4 Å². The van der Waals surface area contributed by atoms with Crippen LogP contribution in [0.2, 0.25) is 0 Å². The van der Waals surface area contributed by atoms with Crippen molar-refractivity contribution in [2.24, 2.45) is 5.41 Å². The Morgan fingerprint density at radius 1 is 1.14 bits per heavy atom. The van der Waals surface area contributed by atoms with Gasteiger partial charge in [0.1, 0.15) is 0 Å². The molecule has 1 aromatic rings. The summed E-state index contributed by atoms with van der Waals surface area (Å²) in [5.41, 5.74) is -1.86. The Kier molecular flexibility index (Phi) is 5.70. The first-order chi connectivity index (χ1) is 13.2. The number of alkyl halides is 3. The van der Waals surface area contributed by atoms with E-state index in [9.17, 15) is 27.9 Å². The van der Waals surface area contributed by atoms with Crippen molar-refractivity contribution in [3.63, 3.8) is 0 Å². The number of carbonyl (C=O) groups is 2. The van der Waals surface area contributed by atoms with Gasteiger partial charge in [0, 0.05) is 31.6 Å². The van der Waals surface area contributed by atoms with E-state index in [1.54, 1.807) is 6.07 Å². The van der Waals surface area contributed by atoms with E-state index in [1.165, 1.54) is 6.07 Å². The molecule has 28 heavy (non-hydrogen) atoms. The second-order valence-corrected chi connectivity index (χ2v) is 7.86. The van der Waals surface area contributed by atoms with E-state index in [0.29, 0.717) is 44.5 Å². The van der Waals surface area contributed by atoms with Crippen LogP contribution in [0, 0.1) is 5.41 Å². The fraction of sp³-hybridized carbons (Fsp3) is 0.600. The molecule has 0 unspecified atom stereocenters. The molecule has 1 heterocycles. The second-order valence-electron chi connectivity index (χ2n) is 7.86. The Hall–Kier alpha value is -2.09. The third kappa shape index (κ3) is 4.16. The first-order valence-electron chi connectivity index (χ1n) is 9.43. The van der Waals surface area contributed by atoms with Crippen LogP contribution in [-0.2, 0) is 25.9 Å². The third-order valence-electron chi connectivity index (χ3n) is 6.14.